The third-order valence-electron chi connectivity index (χ3n) is 3.75. The normalized spacial score (nSPS) is 11.0. The van der Waals surface area contributed by atoms with Gasteiger partial charge < -0.3 is 5.32 Å². The lowest BCUT2D eigenvalue weighted by atomic mass is 10.1. The Labute approximate surface area is 122 Å². The number of nitrogens with zero attached hydrogens (tertiary/aromatic N) is 1. The van der Waals surface area contributed by atoms with Gasteiger partial charge in [0, 0.05) is 17.6 Å². The fourth-order valence-electron chi connectivity index (χ4n) is 2.61. The summed E-state index contributed by atoms with van der Waals surface area (Å²) in [5.41, 5.74) is 3.45. The van der Waals surface area contributed by atoms with Crippen molar-refractivity contribution in [1.29, 1.82) is 0 Å². The zero-order valence-electron chi connectivity index (χ0n) is 11.5. The summed E-state index contributed by atoms with van der Waals surface area (Å²) in [5, 5.41) is 14.2. The van der Waals surface area contributed by atoms with Crippen LogP contribution in [0.4, 0.5) is 5.69 Å². The van der Waals surface area contributed by atoms with Crippen LogP contribution in [0.15, 0.2) is 66.9 Å². The van der Waals surface area contributed by atoms with Crippen molar-refractivity contribution >= 4 is 27.4 Å². The number of H-pyrrole nitrogens is 1. The number of nitrogens with one attached hydrogen (secondary N) is 2. The molecular weight excluding hydrogens is 258 g/mol. The molecule has 2 N–H and O–H groups in total. The topological polar surface area (TPSA) is 40.7 Å². The summed E-state index contributed by atoms with van der Waals surface area (Å²) >= 11 is 0. The quantitative estimate of drug-likeness (QED) is 0.583. The van der Waals surface area contributed by atoms with E-state index in [4.69, 9.17) is 0 Å². The van der Waals surface area contributed by atoms with Crippen LogP contribution in [0.3, 0.4) is 0 Å². The Balaban J connectivity index is 1.56. The summed E-state index contributed by atoms with van der Waals surface area (Å²) < 4.78 is 0. The smallest absolute Gasteiger partial charge is 0.0651 e. The van der Waals surface area contributed by atoms with E-state index in [1.807, 2.05) is 12.3 Å². The van der Waals surface area contributed by atoms with Crippen LogP contribution in [0.1, 0.15) is 5.56 Å². The fraction of sp³-hybridized carbons (Fsp3) is 0.0556. The molecule has 4 rings (SSSR count). The molecule has 102 valence electrons. The molecule has 0 amide bonds. The van der Waals surface area contributed by atoms with Crippen LogP contribution < -0.4 is 5.32 Å². The average molecular weight is 273 g/mol. The molecule has 0 radical (unpaired) electrons. The minimum Gasteiger partial charge on any atom is -0.381 e. The standard InChI is InChI=1S/C18H15N3/c1-2-4-15-9-13(5-6-14(15)3-1)11-19-17-7-8-18-16(10-17)12-20-21-18/h1-10,12,19H,11H2,(H,20,21). The number of fused-ring (bicyclic) bond motifs is 2. The third-order valence-corrected chi connectivity index (χ3v) is 3.75. The van der Waals surface area contributed by atoms with Crippen LogP contribution in [0.2, 0.25) is 0 Å². The SMILES string of the molecule is c1ccc2cc(CNc3ccc4[nH]ncc4c3)ccc2c1. The molecule has 1 aromatic heterocycles. The van der Waals surface area contributed by atoms with E-state index in [1.165, 1.54) is 16.3 Å². The molecule has 21 heavy (non-hydrogen) atoms. The number of aromatic nitrogens is 2. The predicted molar refractivity (Wildman–Crippen MR) is 87.4 cm³/mol. The van der Waals surface area contributed by atoms with Gasteiger partial charge in [0.2, 0.25) is 0 Å². The number of aromatic amines is 1. The Hall–Kier alpha value is -2.81. The van der Waals surface area contributed by atoms with Crippen LogP contribution in [0.5, 0.6) is 0 Å². The molecule has 3 heteroatoms. The second-order valence-corrected chi connectivity index (χ2v) is 5.21. The van der Waals surface area contributed by atoms with Gasteiger partial charge in [-0.1, -0.05) is 36.4 Å². The van der Waals surface area contributed by atoms with Crippen LogP contribution in [-0.4, -0.2) is 10.2 Å². The van der Waals surface area contributed by atoms with E-state index in [-0.39, 0.29) is 0 Å². The predicted octanol–water partition coefficient (Wildman–Crippen LogP) is 4.33. The van der Waals surface area contributed by atoms with Gasteiger partial charge in [-0.05, 0) is 40.6 Å². The molecule has 0 spiro atoms. The molecule has 0 atom stereocenters. The van der Waals surface area contributed by atoms with Crippen LogP contribution in [-0.2, 0) is 6.54 Å². The van der Waals surface area contributed by atoms with Crippen LogP contribution >= 0.6 is 0 Å². The summed E-state index contributed by atoms with van der Waals surface area (Å²) in [6.07, 6.45) is 1.84. The van der Waals surface area contributed by atoms with E-state index in [1.54, 1.807) is 0 Å². The van der Waals surface area contributed by atoms with Gasteiger partial charge >= 0.3 is 0 Å². The van der Waals surface area contributed by atoms with Gasteiger partial charge in [0.15, 0.2) is 0 Å². The summed E-state index contributed by atoms with van der Waals surface area (Å²) in [7, 11) is 0. The molecular formula is C18H15N3. The Bertz CT molecular complexity index is 908. The number of hydrogen-bond acceptors (Lipinski definition) is 2. The van der Waals surface area contributed by atoms with Crippen molar-refractivity contribution in [1.82, 2.24) is 10.2 Å². The lowest BCUT2D eigenvalue weighted by Gasteiger charge is -2.08. The van der Waals surface area contributed by atoms with E-state index < -0.39 is 0 Å². The highest BCUT2D eigenvalue weighted by Gasteiger charge is 1.99. The highest BCUT2D eigenvalue weighted by atomic mass is 15.1. The Morgan fingerprint density at radius 1 is 0.857 bits per heavy atom. The highest BCUT2D eigenvalue weighted by molar-refractivity contribution is 5.83. The van der Waals surface area contributed by atoms with Gasteiger partial charge in [0.25, 0.3) is 0 Å². The fourth-order valence-corrected chi connectivity index (χ4v) is 2.61. The lowest BCUT2D eigenvalue weighted by Crippen LogP contribution is -1.98. The van der Waals surface area contributed by atoms with Crippen molar-refractivity contribution in [3.05, 3.63) is 72.4 Å². The second-order valence-electron chi connectivity index (χ2n) is 5.21. The maximum Gasteiger partial charge on any atom is 0.0651 e. The zero-order chi connectivity index (χ0) is 14.1. The summed E-state index contributed by atoms with van der Waals surface area (Å²) in [6.45, 7) is 0.814. The van der Waals surface area contributed by atoms with Crippen molar-refractivity contribution in [2.24, 2.45) is 0 Å². The number of anilines is 1. The summed E-state index contributed by atoms with van der Waals surface area (Å²) in [5.74, 6) is 0. The van der Waals surface area contributed by atoms with Crippen molar-refractivity contribution in [2.75, 3.05) is 5.32 Å². The summed E-state index contributed by atoms with van der Waals surface area (Å²) in [6, 6.07) is 21.2. The van der Waals surface area contributed by atoms with Gasteiger partial charge in [-0.3, -0.25) is 5.10 Å². The number of rotatable bonds is 3. The first-order valence-electron chi connectivity index (χ1n) is 7.03. The van der Waals surface area contributed by atoms with Gasteiger partial charge in [0.1, 0.15) is 0 Å². The van der Waals surface area contributed by atoms with E-state index in [0.717, 1.165) is 23.1 Å². The molecule has 0 unspecified atom stereocenters. The number of benzene rings is 3. The number of hydrogen-bond donors (Lipinski definition) is 2. The molecule has 4 aromatic rings. The maximum absolute atomic E-state index is 4.04. The molecule has 0 fully saturated rings. The maximum atomic E-state index is 4.04. The van der Waals surface area contributed by atoms with Gasteiger partial charge in [-0.2, -0.15) is 5.10 Å². The molecule has 0 saturated heterocycles. The van der Waals surface area contributed by atoms with Crippen molar-refractivity contribution in [3.63, 3.8) is 0 Å². The first-order chi connectivity index (χ1) is 10.4. The molecule has 0 bridgehead atoms. The molecule has 0 saturated carbocycles. The zero-order valence-corrected chi connectivity index (χ0v) is 11.5. The monoisotopic (exact) mass is 273 g/mol. The molecule has 0 aliphatic carbocycles. The molecule has 0 aliphatic heterocycles. The lowest BCUT2D eigenvalue weighted by molar-refractivity contribution is 1.12. The van der Waals surface area contributed by atoms with E-state index >= 15 is 0 Å². The average Bonchev–Trinajstić information content (AvgIpc) is 3.00. The second kappa shape index (κ2) is 4.94. The van der Waals surface area contributed by atoms with Crippen molar-refractivity contribution < 1.29 is 0 Å². The third kappa shape index (κ3) is 2.34. The Morgan fingerprint density at radius 2 is 1.76 bits per heavy atom. The minimum atomic E-state index is 0.814. The first-order valence-corrected chi connectivity index (χ1v) is 7.03. The van der Waals surface area contributed by atoms with Crippen molar-refractivity contribution in [2.45, 2.75) is 6.54 Å². The minimum absolute atomic E-state index is 0.814. The molecule has 0 aliphatic rings. The molecule has 3 aromatic carbocycles. The molecule has 1 heterocycles. The summed E-state index contributed by atoms with van der Waals surface area (Å²) in [4.78, 5) is 0. The Morgan fingerprint density at radius 3 is 2.71 bits per heavy atom. The van der Waals surface area contributed by atoms with Crippen molar-refractivity contribution in [3.8, 4) is 0 Å². The van der Waals surface area contributed by atoms with E-state index in [9.17, 15) is 0 Å². The molecule has 3 nitrogen and oxygen atoms in total. The van der Waals surface area contributed by atoms with Crippen LogP contribution in [0, 0.1) is 0 Å². The largest absolute Gasteiger partial charge is 0.381 e. The van der Waals surface area contributed by atoms with Crippen LogP contribution in [0.25, 0.3) is 21.7 Å². The highest BCUT2D eigenvalue weighted by Crippen LogP contribution is 2.19. The first kappa shape index (κ1) is 12.0. The van der Waals surface area contributed by atoms with Gasteiger partial charge in [-0.25, -0.2) is 0 Å². The van der Waals surface area contributed by atoms with Gasteiger partial charge in [0.05, 0.1) is 11.7 Å². The van der Waals surface area contributed by atoms with Gasteiger partial charge in [-0.15, -0.1) is 0 Å². The van der Waals surface area contributed by atoms with E-state index in [2.05, 4.69) is 70.1 Å². The Kier molecular flexibility index (Phi) is 2.82. The van der Waals surface area contributed by atoms with E-state index in [0.29, 0.717) is 0 Å².